The van der Waals surface area contributed by atoms with Crippen LogP contribution in [0.4, 0.5) is 5.82 Å². The molecule has 0 saturated heterocycles. The van der Waals surface area contributed by atoms with Gasteiger partial charge >= 0.3 is 0 Å². The minimum atomic E-state index is 0.763. The Morgan fingerprint density at radius 3 is 3.07 bits per heavy atom. The molecule has 2 aromatic rings. The summed E-state index contributed by atoms with van der Waals surface area (Å²) in [5.41, 5.74) is 0. The number of aromatic nitrogens is 4. The van der Waals surface area contributed by atoms with Crippen molar-refractivity contribution in [2.24, 2.45) is 0 Å². The molecule has 0 spiro atoms. The number of nitrogens with one attached hydrogen (secondary N) is 1. The summed E-state index contributed by atoms with van der Waals surface area (Å²) in [4.78, 5) is 4.19. The van der Waals surface area contributed by atoms with Crippen molar-refractivity contribution in [3.05, 3.63) is 35.2 Å². The maximum atomic E-state index is 4.19. The van der Waals surface area contributed by atoms with Gasteiger partial charge in [-0.2, -0.15) is 0 Å². The van der Waals surface area contributed by atoms with Crippen molar-refractivity contribution in [1.82, 2.24) is 20.0 Å². The quantitative estimate of drug-likeness (QED) is 0.914. The molecule has 0 aliphatic rings. The van der Waals surface area contributed by atoms with Crippen LogP contribution in [0.15, 0.2) is 35.2 Å². The normalized spacial score (nSPS) is 10.2. The lowest BCUT2D eigenvalue weighted by Gasteiger charge is -2.06. The fourth-order valence-electron chi connectivity index (χ4n) is 1.16. The molecule has 0 amide bonds. The first-order valence-corrected chi connectivity index (χ1v) is 5.34. The van der Waals surface area contributed by atoms with Crippen LogP contribution in [-0.4, -0.2) is 26.5 Å². The fraction of sp³-hybridized carbons (Fsp3) is 0.222. The van der Waals surface area contributed by atoms with Gasteiger partial charge in [-0.3, -0.25) is 4.68 Å². The average molecular weight is 268 g/mol. The molecule has 2 rings (SSSR count). The van der Waals surface area contributed by atoms with Gasteiger partial charge in [-0.05, 0) is 28.1 Å². The molecular weight excluding hydrogens is 258 g/mol. The van der Waals surface area contributed by atoms with Gasteiger partial charge in [0, 0.05) is 18.9 Å². The topological polar surface area (TPSA) is 55.6 Å². The highest BCUT2D eigenvalue weighted by atomic mass is 79.9. The highest BCUT2D eigenvalue weighted by Crippen LogP contribution is 2.17. The van der Waals surface area contributed by atoms with Gasteiger partial charge in [0.15, 0.2) is 0 Å². The van der Waals surface area contributed by atoms with E-state index in [4.69, 9.17) is 0 Å². The lowest BCUT2D eigenvalue weighted by molar-refractivity contribution is 0.608. The van der Waals surface area contributed by atoms with Crippen LogP contribution < -0.4 is 5.32 Å². The Hall–Kier alpha value is -1.43. The Labute approximate surface area is 95.7 Å². The molecule has 6 heteroatoms. The molecular formula is C9H10BrN5. The molecule has 0 aromatic carbocycles. The van der Waals surface area contributed by atoms with Gasteiger partial charge in [0.1, 0.15) is 5.82 Å². The highest BCUT2D eigenvalue weighted by Gasteiger charge is 1.98. The second-order valence-electron chi connectivity index (χ2n) is 2.93. The fourth-order valence-corrected chi connectivity index (χ4v) is 1.55. The van der Waals surface area contributed by atoms with Gasteiger partial charge in [0.05, 0.1) is 17.2 Å². The first-order chi connectivity index (χ1) is 7.36. The van der Waals surface area contributed by atoms with E-state index < -0.39 is 0 Å². The van der Waals surface area contributed by atoms with E-state index in [1.807, 2.05) is 18.3 Å². The van der Waals surface area contributed by atoms with Crippen LogP contribution in [0.1, 0.15) is 0 Å². The van der Waals surface area contributed by atoms with E-state index in [1.54, 1.807) is 17.1 Å². The lowest BCUT2D eigenvalue weighted by atomic mass is 10.4. The van der Waals surface area contributed by atoms with Crippen LogP contribution in [-0.2, 0) is 6.54 Å². The maximum Gasteiger partial charge on any atom is 0.140 e. The zero-order chi connectivity index (χ0) is 10.5. The highest BCUT2D eigenvalue weighted by molar-refractivity contribution is 9.10. The smallest absolute Gasteiger partial charge is 0.140 e. The summed E-state index contributed by atoms with van der Waals surface area (Å²) in [6.45, 7) is 1.53. The van der Waals surface area contributed by atoms with Crippen LogP contribution in [0.2, 0.25) is 0 Å². The summed E-state index contributed by atoms with van der Waals surface area (Å²) in [5.74, 6) is 0.845. The molecule has 0 saturated carbocycles. The zero-order valence-corrected chi connectivity index (χ0v) is 9.55. The first-order valence-electron chi connectivity index (χ1n) is 4.55. The van der Waals surface area contributed by atoms with Crippen molar-refractivity contribution in [3.8, 4) is 0 Å². The molecule has 78 valence electrons. The van der Waals surface area contributed by atoms with E-state index in [9.17, 15) is 0 Å². The standard InChI is InChI=1S/C9H10BrN5/c10-8-2-1-3-11-9(8)12-4-6-15-7-5-13-14-15/h1-3,5,7H,4,6H2,(H,11,12). The molecule has 0 unspecified atom stereocenters. The molecule has 0 aliphatic heterocycles. The summed E-state index contributed by atoms with van der Waals surface area (Å²) in [5, 5.41) is 10.8. The number of hydrogen-bond donors (Lipinski definition) is 1. The molecule has 1 N–H and O–H groups in total. The van der Waals surface area contributed by atoms with Crippen molar-refractivity contribution in [3.63, 3.8) is 0 Å². The van der Waals surface area contributed by atoms with E-state index in [0.717, 1.165) is 23.4 Å². The van der Waals surface area contributed by atoms with Gasteiger partial charge in [0.25, 0.3) is 0 Å². The SMILES string of the molecule is Brc1cccnc1NCCn1ccnn1. The predicted molar refractivity (Wildman–Crippen MR) is 60.4 cm³/mol. The lowest BCUT2D eigenvalue weighted by Crippen LogP contribution is -2.12. The number of rotatable bonds is 4. The zero-order valence-electron chi connectivity index (χ0n) is 7.97. The van der Waals surface area contributed by atoms with Crippen LogP contribution in [0.3, 0.4) is 0 Å². The third-order valence-corrected chi connectivity index (χ3v) is 2.50. The Bertz CT molecular complexity index is 414. The molecule has 0 aliphatic carbocycles. The minimum absolute atomic E-state index is 0.763. The number of pyridine rings is 1. The first kappa shape index (κ1) is 10.1. The van der Waals surface area contributed by atoms with E-state index in [1.165, 1.54) is 0 Å². The molecule has 0 fully saturated rings. The Balaban J connectivity index is 1.86. The van der Waals surface area contributed by atoms with Crippen LogP contribution in [0.5, 0.6) is 0 Å². The van der Waals surface area contributed by atoms with Gasteiger partial charge in [-0.25, -0.2) is 4.98 Å². The number of hydrogen-bond acceptors (Lipinski definition) is 4. The molecule has 0 radical (unpaired) electrons. The molecule has 5 nitrogen and oxygen atoms in total. The largest absolute Gasteiger partial charge is 0.367 e. The number of halogens is 1. The van der Waals surface area contributed by atoms with Gasteiger partial charge in [-0.1, -0.05) is 5.21 Å². The van der Waals surface area contributed by atoms with E-state index in [-0.39, 0.29) is 0 Å². The van der Waals surface area contributed by atoms with E-state index in [0.29, 0.717) is 0 Å². The summed E-state index contributed by atoms with van der Waals surface area (Å²) >= 11 is 3.42. The predicted octanol–water partition coefficient (Wildman–Crippen LogP) is 1.55. The molecule has 2 heterocycles. The van der Waals surface area contributed by atoms with Crippen molar-refractivity contribution in [1.29, 1.82) is 0 Å². The third-order valence-electron chi connectivity index (χ3n) is 1.86. The number of nitrogens with zero attached hydrogens (tertiary/aromatic N) is 4. The van der Waals surface area contributed by atoms with Gasteiger partial charge < -0.3 is 5.32 Å². The summed E-state index contributed by atoms with van der Waals surface area (Å²) in [6.07, 6.45) is 5.24. The molecule has 0 bridgehead atoms. The second kappa shape index (κ2) is 4.88. The number of anilines is 1. The van der Waals surface area contributed by atoms with Crippen molar-refractivity contribution >= 4 is 21.7 Å². The Morgan fingerprint density at radius 2 is 2.33 bits per heavy atom. The second-order valence-corrected chi connectivity index (χ2v) is 3.78. The minimum Gasteiger partial charge on any atom is -0.367 e. The summed E-state index contributed by atoms with van der Waals surface area (Å²) in [6, 6.07) is 3.83. The average Bonchev–Trinajstić information content (AvgIpc) is 2.74. The van der Waals surface area contributed by atoms with E-state index >= 15 is 0 Å². The summed E-state index contributed by atoms with van der Waals surface area (Å²) < 4.78 is 2.73. The molecule has 0 atom stereocenters. The van der Waals surface area contributed by atoms with Gasteiger partial charge in [0.2, 0.25) is 0 Å². The van der Waals surface area contributed by atoms with Crippen LogP contribution >= 0.6 is 15.9 Å². The van der Waals surface area contributed by atoms with Crippen LogP contribution in [0.25, 0.3) is 0 Å². The Kier molecular flexibility index (Phi) is 3.29. The molecule has 2 aromatic heterocycles. The maximum absolute atomic E-state index is 4.19. The monoisotopic (exact) mass is 267 g/mol. The molecule has 15 heavy (non-hydrogen) atoms. The van der Waals surface area contributed by atoms with Crippen molar-refractivity contribution < 1.29 is 0 Å². The van der Waals surface area contributed by atoms with Gasteiger partial charge in [-0.15, -0.1) is 5.10 Å². The van der Waals surface area contributed by atoms with Crippen molar-refractivity contribution in [2.45, 2.75) is 6.54 Å². The van der Waals surface area contributed by atoms with Crippen LogP contribution in [0, 0.1) is 0 Å². The van der Waals surface area contributed by atoms with Crippen molar-refractivity contribution in [2.75, 3.05) is 11.9 Å². The summed E-state index contributed by atoms with van der Waals surface area (Å²) in [7, 11) is 0. The Morgan fingerprint density at radius 1 is 1.40 bits per heavy atom. The van der Waals surface area contributed by atoms with E-state index in [2.05, 4.69) is 36.5 Å². The third kappa shape index (κ3) is 2.76.